The monoisotopic (exact) mass is 264 g/mol. The lowest BCUT2D eigenvalue weighted by molar-refractivity contribution is -0.145. The molecule has 1 aliphatic rings. The van der Waals surface area contributed by atoms with Crippen LogP contribution < -0.4 is 0 Å². The van der Waals surface area contributed by atoms with Crippen molar-refractivity contribution in [2.45, 2.75) is 31.9 Å². The number of aliphatic carboxylic acids is 1. The summed E-state index contributed by atoms with van der Waals surface area (Å²) in [4.78, 5) is 28.9. The summed E-state index contributed by atoms with van der Waals surface area (Å²) in [6.07, 6.45) is 1.29. The Bertz CT molecular complexity index is 503. The highest BCUT2D eigenvalue weighted by Crippen LogP contribution is 2.20. The lowest BCUT2D eigenvalue weighted by Crippen LogP contribution is -2.51. The number of hydrogen-bond donors (Lipinski definition) is 2. The second-order valence-corrected chi connectivity index (χ2v) is 4.70. The topological polar surface area (TPSA) is 90.7 Å². The zero-order valence-corrected chi connectivity index (χ0v) is 10.6. The number of likely N-dealkylation sites (tertiary alicyclic amines) is 1. The van der Waals surface area contributed by atoms with E-state index < -0.39 is 24.0 Å². The molecule has 1 aliphatic heterocycles. The van der Waals surface area contributed by atoms with Gasteiger partial charge in [-0.1, -0.05) is 6.07 Å². The molecule has 0 aliphatic carbocycles. The lowest BCUT2D eigenvalue weighted by atomic mass is 9.98. The predicted octanol–water partition coefficient (Wildman–Crippen LogP) is 0.440. The van der Waals surface area contributed by atoms with Crippen molar-refractivity contribution in [1.29, 1.82) is 0 Å². The Morgan fingerprint density at radius 2 is 2.21 bits per heavy atom. The van der Waals surface area contributed by atoms with Gasteiger partial charge in [-0.25, -0.2) is 4.79 Å². The van der Waals surface area contributed by atoms with Crippen molar-refractivity contribution in [1.82, 2.24) is 9.88 Å². The molecule has 0 aromatic carbocycles. The van der Waals surface area contributed by atoms with Gasteiger partial charge in [0.15, 0.2) is 0 Å². The van der Waals surface area contributed by atoms with Gasteiger partial charge in [0.1, 0.15) is 11.7 Å². The van der Waals surface area contributed by atoms with Gasteiger partial charge in [-0.15, -0.1) is 0 Å². The Kier molecular flexibility index (Phi) is 3.80. The summed E-state index contributed by atoms with van der Waals surface area (Å²) in [6.45, 7) is 1.99. The van der Waals surface area contributed by atoms with Crippen molar-refractivity contribution in [3.63, 3.8) is 0 Å². The molecule has 2 heterocycles. The third-order valence-corrected chi connectivity index (χ3v) is 3.33. The summed E-state index contributed by atoms with van der Waals surface area (Å²) in [5.41, 5.74) is 0.980. The SMILES string of the molecule is Cc1cccnc1C(=O)N1CC[C@@H](O)C[C@H]1C(=O)O. The highest BCUT2D eigenvalue weighted by molar-refractivity contribution is 5.96. The van der Waals surface area contributed by atoms with Gasteiger partial charge in [0, 0.05) is 19.2 Å². The highest BCUT2D eigenvalue weighted by Gasteiger charge is 2.36. The van der Waals surface area contributed by atoms with Crippen molar-refractivity contribution >= 4 is 11.9 Å². The van der Waals surface area contributed by atoms with Crippen LogP contribution in [-0.2, 0) is 4.79 Å². The van der Waals surface area contributed by atoms with Gasteiger partial charge in [0.2, 0.25) is 0 Å². The number of amides is 1. The van der Waals surface area contributed by atoms with E-state index in [4.69, 9.17) is 5.11 Å². The number of carbonyl (C=O) groups excluding carboxylic acids is 1. The van der Waals surface area contributed by atoms with E-state index in [1.807, 2.05) is 0 Å². The Balaban J connectivity index is 2.27. The Hall–Kier alpha value is -1.95. The third-order valence-electron chi connectivity index (χ3n) is 3.33. The molecule has 1 aromatic heterocycles. The fourth-order valence-electron chi connectivity index (χ4n) is 2.27. The minimum absolute atomic E-state index is 0.0625. The van der Waals surface area contributed by atoms with E-state index in [2.05, 4.69) is 4.98 Å². The molecule has 102 valence electrons. The van der Waals surface area contributed by atoms with E-state index in [1.54, 1.807) is 19.1 Å². The molecule has 6 nitrogen and oxygen atoms in total. The van der Waals surface area contributed by atoms with Crippen LogP contribution in [0.5, 0.6) is 0 Å². The number of nitrogens with zero attached hydrogens (tertiary/aromatic N) is 2. The molecule has 19 heavy (non-hydrogen) atoms. The molecule has 0 radical (unpaired) electrons. The van der Waals surface area contributed by atoms with Crippen LogP contribution in [0.4, 0.5) is 0 Å². The molecule has 2 N–H and O–H groups in total. The molecule has 0 saturated carbocycles. The van der Waals surface area contributed by atoms with Gasteiger partial charge >= 0.3 is 5.97 Å². The first-order valence-electron chi connectivity index (χ1n) is 6.14. The zero-order valence-electron chi connectivity index (χ0n) is 10.6. The van der Waals surface area contributed by atoms with Crippen molar-refractivity contribution in [2.75, 3.05) is 6.54 Å². The summed E-state index contributed by atoms with van der Waals surface area (Å²) < 4.78 is 0. The number of aliphatic hydroxyl groups is 1. The summed E-state index contributed by atoms with van der Waals surface area (Å²) >= 11 is 0. The quantitative estimate of drug-likeness (QED) is 0.808. The van der Waals surface area contributed by atoms with Crippen LogP contribution in [0.15, 0.2) is 18.3 Å². The smallest absolute Gasteiger partial charge is 0.326 e. The van der Waals surface area contributed by atoms with Crippen LogP contribution in [0.3, 0.4) is 0 Å². The van der Waals surface area contributed by atoms with Gasteiger partial charge in [-0.05, 0) is 25.0 Å². The first kappa shape index (κ1) is 13.5. The molecule has 1 amide bonds. The number of piperidine rings is 1. The van der Waals surface area contributed by atoms with Crippen LogP contribution in [0, 0.1) is 6.92 Å². The molecule has 1 aromatic rings. The van der Waals surface area contributed by atoms with Crippen molar-refractivity contribution in [3.8, 4) is 0 Å². The molecule has 1 fully saturated rings. The number of carbonyl (C=O) groups is 2. The molecule has 0 unspecified atom stereocenters. The number of rotatable bonds is 2. The average Bonchev–Trinajstić information content (AvgIpc) is 2.38. The minimum atomic E-state index is -1.10. The van der Waals surface area contributed by atoms with E-state index in [0.717, 1.165) is 0 Å². The van der Waals surface area contributed by atoms with Gasteiger partial charge < -0.3 is 15.1 Å². The van der Waals surface area contributed by atoms with Gasteiger partial charge in [-0.3, -0.25) is 9.78 Å². The summed E-state index contributed by atoms with van der Waals surface area (Å²) in [5, 5.41) is 18.7. The maximum atomic E-state index is 12.4. The normalized spacial score (nSPS) is 23.2. The van der Waals surface area contributed by atoms with E-state index in [1.165, 1.54) is 11.1 Å². The molecule has 6 heteroatoms. The maximum absolute atomic E-state index is 12.4. The molecular weight excluding hydrogens is 248 g/mol. The second-order valence-electron chi connectivity index (χ2n) is 4.70. The van der Waals surface area contributed by atoms with Crippen LogP contribution in [0.1, 0.15) is 28.9 Å². The minimum Gasteiger partial charge on any atom is -0.480 e. The molecule has 0 spiro atoms. The van der Waals surface area contributed by atoms with E-state index >= 15 is 0 Å². The predicted molar refractivity (Wildman–Crippen MR) is 66.7 cm³/mol. The molecule has 2 atom stereocenters. The van der Waals surface area contributed by atoms with E-state index in [9.17, 15) is 14.7 Å². The van der Waals surface area contributed by atoms with E-state index in [0.29, 0.717) is 12.0 Å². The van der Waals surface area contributed by atoms with Crippen LogP contribution >= 0.6 is 0 Å². The van der Waals surface area contributed by atoms with Crippen molar-refractivity contribution in [3.05, 3.63) is 29.6 Å². The largest absolute Gasteiger partial charge is 0.480 e. The van der Waals surface area contributed by atoms with E-state index in [-0.39, 0.29) is 18.7 Å². The number of aliphatic hydroxyl groups excluding tert-OH is 1. The Labute approximate surface area is 110 Å². The molecule has 0 bridgehead atoms. The highest BCUT2D eigenvalue weighted by atomic mass is 16.4. The van der Waals surface area contributed by atoms with Crippen LogP contribution in [-0.4, -0.2) is 50.7 Å². The first-order chi connectivity index (χ1) is 9.00. The fourth-order valence-corrected chi connectivity index (χ4v) is 2.27. The number of carboxylic acid groups (broad SMARTS) is 1. The van der Waals surface area contributed by atoms with Crippen molar-refractivity contribution in [2.24, 2.45) is 0 Å². The average molecular weight is 264 g/mol. The van der Waals surface area contributed by atoms with Gasteiger partial charge in [0.05, 0.1) is 6.10 Å². The lowest BCUT2D eigenvalue weighted by Gasteiger charge is -2.35. The molecule has 1 saturated heterocycles. The maximum Gasteiger partial charge on any atom is 0.326 e. The summed E-state index contributed by atoms with van der Waals surface area (Å²) in [6, 6.07) is 2.49. The van der Waals surface area contributed by atoms with Crippen LogP contribution in [0.25, 0.3) is 0 Å². The number of pyridine rings is 1. The second kappa shape index (κ2) is 5.36. The third kappa shape index (κ3) is 2.73. The van der Waals surface area contributed by atoms with Gasteiger partial charge in [-0.2, -0.15) is 0 Å². The number of hydrogen-bond acceptors (Lipinski definition) is 4. The number of carboxylic acids is 1. The van der Waals surface area contributed by atoms with Crippen molar-refractivity contribution < 1.29 is 19.8 Å². The first-order valence-corrected chi connectivity index (χ1v) is 6.14. The van der Waals surface area contributed by atoms with Crippen LogP contribution in [0.2, 0.25) is 0 Å². The Morgan fingerprint density at radius 1 is 1.47 bits per heavy atom. The zero-order chi connectivity index (χ0) is 14.0. The number of aryl methyl sites for hydroxylation is 1. The number of aromatic nitrogens is 1. The molecular formula is C13H16N2O4. The van der Waals surface area contributed by atoms with Gasteiger partial charge in [0.25, 0.3) is 5.91 Å². The standard InChI is InChI=1S/C13H16N2O4/c1-8-3-2-5-14-11(8)12(17)15-6-4-9(16)7-10(15)13(18)19/h2-3,5,9-10,16H,4,6-7H2,1H3,(H,18,19)/t9-,10+/m1/s1. The fraction of sp³-hybridized carbons (Fsp3) is 0.462. The molecule has 2 rings (SSSR count). The summed E-state index contributed by atoms with van der Waals surface area (Å²) in [7, 11) is 0. The Morgan fingerprint density at radius 3 is 2.84 bits per heavy atom. The summed E-state index contributed by atoms with van der Waals surface area (Å²) in [5.74, 6) is -1.49.